The molecule has 0 aromatic heterocycles. The lowest BCUT2D eigenvalue weighted by Gasteiger charge is -2.50. The fourth-order valence-electron chi connectivity index (χ4n) is 3.99. The first-order chi connectivity index (χ1) is 9.31. The van der Waals surface area contributed by atoms with Crippen LogP contribution in [-0.4, -0.2) is 22.1 Å². The Morgan fingerprint density at radius 3 is 2.10 bits per heavy atom. The summed E-state index contributed by atoms with van der Waals surface area (Å²) in [6.45, 7) is 8.73. The summed E-state index contributed by atoms with van der Waals surface area (Å²) in [6.07, 6.45) is 10.3. The third-order valence-corrected chi connectivity index (χ3v) is 5.05. The van der Waals surface area contributed by atoms with Crippen molar-refractivity contribution in [2.45, 2.75) is 96.6 Å². The average Bonchev–Trinajstić information content (AvgIpc) is 2.35. The summed E-state index contributed by atoms with van der Waals surface area (Å²) in [5, 5.41) is 1.98. The van der Waals surface area contributed by atoms with E-state index in [4.69, 9.17) is 4.84 Å². The van der Waals surface area contributed by atoms with Crippen LogP contribution in [-0.2, 0) is 9.63 Å². The minimum absolute atomic E-state index is 0.0278. The molecular formula is C17H31NO2. The number of piperidine rings is 1. The zero-order valence-electron chi connectivity index (χ0n) is 13.7. The molecule has 1 saturated heterocycles. The van der Waals surface area contributed by atoms with Gasteiger partial charge < -0.3 is 4.84 Å². The maximum atomic E-state index is 12.3. The molecule has 1 heterocycles. The van der Waals surface area contributed by atoms with Gasteiger partial charge in [-0.1, -0.05) is 19.3 Å². The number of hydrogen-bond donors (Lipinski definition) is 0. The first-order valence-corrected chi connectivity index (χ1v) is 8.32. The van der Waals surface area contributed by atoms with Crippen LogP contribution in [0.15, 0.2) is 0 Å². The van der Waals surface area contributed by atoms with Gasteiger partial charge in [-0.15, -0.1) is 5.06 Å². The molecule has 116 valence electrons. The normalized spacial score (nSPS) is 27.2. The van der Waals surface area contributed by atoms with Gasteiger partial charge in [0.2, 0.25) is 0 Å². The Kier molecular flexibility index (Phi) is 4.78. The molecule has 0 radical (unpaired) electrons. The lowest BCUT2D eigenvalue weighted by atomic mass is 9.82. The van der Waals surface area contributed by atoms with E-state index >= 15 is 0 Å². The molecule has 2 rings (SSSR count). The first-order valence-electron chi connectivity index (χ1n) is 8.32. The van der Waals surface area contributed by atoms with E-state index < -0.39 is 0 Å². The summed E-state index contributed by atoms with van der Waals surface area (Å²) < 4.78 is 0. The monoisotopic (exact) mass is 281 g/mol. The zero-order valence-corrected chi connectivity index (χ0v) is 13.7. The summed E-state index contributed by atoms with van der Waals surface area (Å²) in [5.41, 5.74) is -0.103. The molecule has 0 bridgehead atoms. The van der Waals surface area contributed by atoms with Gasteiger partial charge in [0.25, 0.3) is 0 Å². The number of carbonyl (C=O) groups is 1. The van der Waals surface area contributed by atoms with E-state index in [1.165, 1.54) is 38.5 Å². The van der Waals surface area contributed by atoms with Gasteiger partial charge in [0.1, 0.15) is 0 Å². The van der Waals surface area contributed by atoms with E-state index in [0.29, 0.717) is 12.3 Å². The van der Waals surface area contributed by atoms with Gasteiger partial charge in [0.05, 0.1) is 17.5 Å². The Balaban J connectivity index is 1.93. The SMILES string of the molecule is CC1(C)CCCC(C)(C)N1OC(=O)CC1CCCCC1. The lowest BCUT2D eigenvalue weighted by molar-refractivity contribution is -0.266. The van der Waals surface area contributed by atoms with Crippen LogP contribution in [0, 0.1) is 5.92 Å². The van der Waals surface area contributed by atoms with Crippen molar-refractivity contribution in [1.82, 2.24) is 5.06 Å². The quantitative estimate of drug-likeness (QED) is 0.765. The van der Waals surface area contributed by atoms with Crippen molar-refractivity contribution in [3.63, 3.8) is 0 Å². The smallest absolute Gasteiger partial charge is 0.325 e. The van der Waals surface area contributed by atoms with Crippen molar-refractivity contribution in [2.24, 2.45) is 5.92 Å². The number of hydroxylamine groups is 2. The van der Waals surface area contributed by atoms with Gasteiger partial charge in [0.15, 0.2) is 0 Å². The standard InChI is InChI=1S/C17H31NO2/c1-16(2)11-8-12-17(3,4)18(16)20-15(19)13-14-9-6-5-7-10-14/h14H,5-13H2,1-4H3. The second-order valence-electron chi connectivity index (χ2n) is 7.94. The van der Waals surface area contributed by atoms with Crippen molar-refractivity contribution in [3.05, 3.63) is 0 Å². The molecule has 0 N–H and O–H groups in total. The second-order valence-corrected chi connectivity index (χ2v) is 7.94. The predicted molar refractivity (Wildman–Crippen MR) is 81.1 cm³/mol. The van der Waals surface area contributed by atoms with Gasteiger partial charge >= 0.3 is 5.97 Å². The second kappa shape index (κ2) is 6.05. The molecule has 3 nitrogen and oxygen atoms in total. The summed E-state index contributed by atoms with van der Waals surface area (Å²) in [7, 11) is 0. The number of rotatable bonds is 3. The Bertz CT molecular complexity index is 327. The van der Waals surface area contributed by atoms with Crippen LogP contribution < -0.4 is 0 Å². The summed E-state index contributed by atoms with van der Waals surface area (Å²) in [5.74, 6) is 0.521. The van der Waals surface area contributed by atoms with Gasteiger partial charge in [0, 0.05) is 0 Å². The highest BCUT2D eigenvalue weighted by atomic mass is 16.7. The molecule has 20 heavy (non-hydrogen) atoms. The predicted octanol–water partition coefficient (Wildman–Crippen LogP) is 4.46. The topological polar surface area (TPSA) is 29.5 Å². The number of hydrogen-bond acceptors (Lipinski definition) is 3. The number of carbonyl (C=O) groups excluding carboxylic acids is 1. The van der Waals surface area contributed by atoms with Crippen LogP contribution in [0.5, 0.6) is 0 Å². The van der Waals surface area contributed by atoms with E-state index in [1.54, 1.807) is 0 Å². The van der Waals surface area contributed by atoms with Gasteiger partial charge in [-0.2, -0.15) is 0 Å². The molecule has 1 aliphatic heterocycles. The first kappa shape index (κ1) is 15.8. The van der Waals surface area contributed by atoms with Crippen LogP contribution in [0.2, 0.25) is 0 Å². The fraction of sp³-hybridized carbons (Fsp3) is 0.941. The Labute approximate surface area is 124 Å². The van der Waals surface area contributed by atoms with Crippen LogP contribution >= 0.6 is 0 Å². The van der Waals surface area contributed by atoms with Gasteiger partial charge in [-0.25, -0.2) is 0 Å². The molecule has 2 aliphatic rings. The van der Waals surface area contributed by atoms with Gasteiger partial charge in [-0.3, -0.25) is 4.79 Å². The maximum absolute atomic E-state index is 12.3. The molecule has 0 spiro atoms. The summed E-state index contributed by atoms with van der Waals surface area (Å²) in [4.78, 5) is 18.1. The van der Waals surface area contributed by atoms with Crippen molar-refractivity contribution in [3.8, 4) is 0 Å². The van der Waals surface area contributed by atoms with Crippen LogP contribution in [0.25, 0.3) is 0 Å². The van der Waals surface area contributed by atoms with E-state index in [9.17, 15) is 4.79 Å². The third-order valence-electron chi connectivity index (χ3n) is 5.05. The maximum Gasteiger partial charge on any atom is 0.325 e. The molecule has 1 saturated carbocycles. The molecule has 2 fully saturated rings. The van der Waals surface area contributed by atoms with Gasteiger partial charge in [-0.05, 0) is 65.7 Å². The largest absolute Gasteiger partial charge is 0.367 e. The van der Waals surface area contributed by atoms with Crippen LogP contribution in [0.3, 0.4) is 0 Å². The van der Waals surface area contributed by atoms with Crippen LogP contribution in [0.1, 0.15) is 85.5 Å². The Morgan fingerprint density at radius 2 is 1.55 bits per heavy atom. The van der Waals surface area contributed by atoms with Crippen molar-refractivity contribution in [1.29, 1.82) is 0 Å². The molecule has 0 unspecified atom stereocenters. The molecule has 0 atom stereocenters. The molecule has 0 amide bonds. The highest BCUT2D eigenvalue weighted by Gasteiger charge is 2.44. The average molecular weight is 281 g/mol. The Hall–Kier alpha value is -0.570. The Morgan fingerprint density at radius 1 is 1.00 bits per heavy atom. The minimum Gasteiger partial charge on any atom is -0.367 e. The van der Waals surface area contributed by atoms with Crippen LogP contribution in [0.4, 0.5) is 0 Å². The molecular weight excluding hydrogens is 250 g/mol. The minimum atomic E-state index is -0.0516. The van der Waals surface area contributed by atoms with E-state index in [1.807, 2.05) is 5.06 Å². The van der Waals surface area contributed by atoms with Crippen molar-refractivity contribution in [2.75, 3.05) is 0 Å². The highest BCUT2D eigenvalue weighted by molar-refractivity contribution is 5.69. The molecule has 3 heteroatoms. The zero-order chi connectivity index (χ0) is 14.8. The molecule has 0 aromatic carbocycles. The molecule has 1 aliphatic carbocycles. The van der Waals surface area contributed by atoms with Crippen molar-refractivity contribution >= 4 is 5.97 Å². The summed E-state index contributed by atoms with van der Waals surface area (Å²) >= 11 is 0. The lowest BCUT2D eigenvalue weighted by Crippen LogP contribution is -2.58. The van der Waals surface area contributed by atoms with E-state index in [0.717, 1.165) is 12.8 Å². The summed E-state index contributed by atoms with van der Waals surface area (Å²) in [6, 6.07) is 0. The van der Waals surface area contributed by atoms with E-state index in [-0.39, 0.29) is 17.0 Å². The molecule has 0 aromatic rings. The highest BCUT2D eigenvalue weighted by Crippen LogP contribution is 2.38. The third kappa shape index (κ3) is 3.75. The van der Waals surface area contributed by atoms with E-state index in [2.05, 4.69) is 27.7 Å². The van der Waals surface area contributed by atoms with Crippen molar-refractivity contribution < 1.29 is 9.63 Å². The fourth-order valence-corrected chi connectivity index (χ4v) is 3.99. The number of nitrogens with zero attached hydrogens (tertiary/aromatic N) is 1.